The highest BCUT2D eigenvalue weighted by Gasteiger charge is 2.51. The van der Waals surface area contributed by atoms with Gasteiger partial charge in [-0.15, -0.1) is 0 Å². The van der Waals surface area contributed by atoms with Crippen LogP contribution < -0.4 is 11.1 Å². The number of carboxylic acid groups (broad SMARTS) is 1. The number of nitrogens with one attached hydrogen (secondary N) is 1. The summed E-state index contributed by atoms with van der Waals surface area (Å²) in [5, 5.41) is 32.2. The largest absolute Gasteiger partial charge is 0.480 e. The molecule has 3 amide bonds. The maximum atomic E-state index is 12.4. The van der Waals surface area contributed by atoms with E-state index in [1.165, 1.54) is 9.80 Å². The number of nitrogens with two attached hydrogens (primary N) is 1. The Morgan fingerprint density at radius 2 is 1.48 bits per heavy atom. The number of rotatable bonds is 7. The van der Waals surface area contributed by atoms with Crippen LogP contribution in [0.4, 0.5) is 0 Å². The number of carbonyl (C=O) groups is 4. The van der Waals surface area contributed by atoms with Crippen molar-refractivity contribution in [3.8, 4) is 0 Å². The van der Waals surface area contributed by atoms with Crippen LogP contribution in [0, 0.1) is 0 Å². The Morgan fingerprint density at radius 3 is 1.90 bits per heavy atom. The Bertz CT molecular complexity index is 748. The molecule has 0 aromatic carbocycles. The molecule has 4 rings (SSSR count). The number of hydrogen-bond acceptors (Lipinski definition) is 9. The van der Waals surface area contributed by atoms with Crippen molar-refractivity contribution in [2.45, 2.75) is 61.8 Å². The summed E-state index contributed by atoms with van der Waals surface area (Å²) in [6.45, 7) is 0.0952. The monoisotopic (exact) mass is 414 g/mol. The molecule has 0 aromatic rings. The van der Waals surface area contributed by atoms with Gasteiger partial charge in [0.1, 0.15) is 42.9 Å². The predicted molar refractivity (Wildman–Crippen MR) is 89.5 cm³/mol. The Morgan fingerprint density at radius 1 is 1.00 bits per heavy atom. The first-order valence-electron chi connectivity index (χ1n) is 9.22. The maximum absolute atomic E-state index is 12.4. The van der Waals surface area contributed by atoms with E-state index in [4.69, 9.17) is 15.2 Å². The van der Waals surface area contributed by atoms with E-state index in [0.29, 0.717) is 0 Å². The summed E-state index contributed by atoms with van der Waals surface area (Å²) in [7, 11) is 0. The van der Waals surface area contributed by atoms with Gasteiger partial charge in [-0.05, 0) is 0 Å². The number of carbonyl (C=O) groups excluding carboxylic acids is 3. The van der Waals surface area contributed by atoms with Crippen LogP contribution in [0.3, 0.4) is 0 Å². The summed E-state index contributed by atoms with van der Waals surface area (Å²) < 4.78 is 10.9. The molecule has 4 heterocycles. The Kier molecular flexibility index (Phi) is 4.94. The zero-order valence-corrected chi connectivity index (χ0v) is 15.2. The number of nitrogens with zero attached hydrogens (tertiary/aromatic N) is 2. The van der Waals surface area contributed by atoms with E-state index in [0.717, 1.165) is 0 Å². The predicted octanol–water partition coefficient (Wildman–Crippen LogP) is -4.48. The van der Waals surface area contributed by atoms with Crippen molar-refractivity contribution in [2.75, 3.05) is 13.1 Å². The molecule has 6 N–H and O–H groups in total. The molecule has 29 heavy (non-hydrogen) atoms. The molecule has 8 atom stereocenters. The van der Waals surface area contributed by atoms with Gasteiger partial charge in [-0.3, -0.25) is 14.4 Å². The number of aliphatic carboxylic acids is 1. The molecule has 13 heteroatoms. The molecule has 0 aliphatic carbocycles. The molecule has 0 unspecified atom stereocenters. The van der Waals surface area contributed by atoms with Crippen LogP contribution in [0.25, 0.3) is 0 Å². The van der Waals surface area contributed by atoms with Gasteiger partial charge in [0.15, 0.2) is 6.04 Å². The standard InChI is InChI=1S/C16H22N4O9/c17-11(13(23)5-3-19-7(21)1-9(19)28-5)15(25)18-12(16(26)27)14(24)6-4-20-8(22)2-10(20)29-6/h5-6,9-14,23-24H,1-4,17H2,(H,18,25)(H,26,27)/t5-,6-,9+,10-,11+,12+,13-,14+/m1/s1. The highest BCUT2D eigenvalue weighted by Crippen LogP contribution is 2.31. The lowest BCUT2D eigenvalue weighted by Gasteiger charge is -2.31. The summed E-state index contributed by atoms with van der Waals surface area (Å²) in [6, 6.07) is -3.31. The average Bonchev–Trinajstić information content (AvgIpc) is 3.20. The lowest BCUT2D eigenvalue weighted by atomic mass is 10.0. The molecular weight excluding hydrogens is 392 g/mol. The van der Waals surface area contributed by atoms with Crippen LogP contribution >= 0.6 is 0 Å². The van der Waals surface area contributed by atoms with E-state index in [1.807, 2.05) is 0 Å². The van der Waals surface area contributed by atoms with Gasteiger partial charge < -0.3 is 45.6 Å². The molecule has 0 saturated carbocycles. The number of carboxylic acids is 1. The zero-order chi connectivity index (χ0) is 21.0. The van der Waals surface area contributed by atoms with E-state index < -0.39 is 60.8 Å². The van der Waals surface area contributed by atoms with Gasteiger partial charge in [0.05, 0.1) is 25.9 Å². The zero-order valence-electron chi connectivity index (χ0n) is 15.2. The first-order valence-corrected chi connectivity index (χ1v) is 9.22. The van der Waals surface area contributed by atoms with Gasteiger partial charge in [-0.25, -0.2) is 4.79 Å². The minimum absolute atomic E-state index is 0.0140. The fourth-order valence-electron chi connectivity index (χ4n) is 3.93. The van der Waals surface area contributed by atoms with Gasteiger partial charge in [0.2, 0.25) is 17.7 Å². The molecule has 4 saturated heterocycles. The lowest BCUT2D eigenvalue weighted by Crippen LogP contribution is -2.60. The number of hydrogen-bond donors (Lipinski definition) is 5. The molecular formula is C16H22N4O9. The highest BCUT2D eigenvalue weighted by atomic mass is 16.5. The van der Waals surface area contributed by atoms with Crippen molar-refractivity contribution in [3.63, 3.8) is 0 Å². The van der Waals surface area contributed by atoms with Crippen molar-refractivity contribution in [3.05, 3.63) is 0 Å². The molecule has 160 valence electrons. The Balaban J connectivity index is 1.35. The second-order valence-corrected chi connectivity index (χ2v) is 7.59. The quantitative estimate of drug-likeness (QED) is 0.254. The van der Waals surface area contributed by atoms with Gasteiger partial charge in [0.25, 0.3) is 0 Å². The summed E-state index contributed by atoms with van der Waals surface area (Å²) >= 11 is 0. The minimum atomic E-state index is -1.76. The Labute approximate surface area is 164 Å². The molecule has 0 spiro atoms. The number of β-lactam (4-membered cyclic amide) rings is 2. The van der Waals surface area contributed by atoms with E-state index >= 15 is 0 Å². The van der Waals surface area contributed by atoms with Gasteiger partial charge in [0, 0.05) is 0 Å². The normalized spacial score (nSPS) is 34.4. The fourth-order valence-corrected chi connectivity index (χ4v) is 3.93. The second-order valence-electron chi connectivity index (χ2n) is 7.59. The molecule has 4 aliphatic rings. The minimum Gasteiger partial charge on any atom is -0.480 e. The number of fused-ring (bicyclic) bond motifs is 2. The van der Waals surface area contributed by atoms with Crippen LogP contribution in [0.15, 0.2) is 0 Å². The second kappa shape index (κ2) is 7.18. The van der Waals surface area contributed by atoms with Crippen molar-refractivity contribution in [1.82, 2.24) is 15.1 Å². The SMILES string of the molecule is N[C@H](C(=O)N[C@H](C(=O)O)[C@@H](O)[C@H]1CN2C(=O)C[C@H]2O1)[C@H](O)[C@H]1CN2C(=O)C[C@@H]2O1. The maximum Gasteiger partial charge on any atom is 0.329 e. The average molecular weight is 414 g/mol. The van der Waals surface area contributed by atoms with Crippen LogP contribution in [0.5, 0.6) is 0 Å². The van der Waals surface area contributed by atoms with Crippen molar-refractivity contribution < 1.29 is 44.0 Å². The number of amides is 3. The van der Waals surface area contributed by atoms with Crippen LogP contribution in [-0.4, -0.2) is 111 Å². The first-order chi connectivity index (χ1) is 13.7. The summed E-state index contributed by atoms with van der Waals surface area (Å²) in [5.74, 6) is -2.82. The molecule has 0 bridgehead atoms. The molecule has 13 nitrogen and oxygen atoms in total. The van der Waals surface area contributed by atoms with E-state index in [9.17, 15) is 34.5 Å². The van der Waals surface area contributed by atoms with Gasteiger partial charge >= 0.3 is 5.97 Å². The van der Waals surface area contributed by atoms with E-state index in [2.05, 4.69) is 5.32 Å². The summed E-state index contributed by atoms with van der Waals surface area (Å²) in [4.78, 5) is 49.6. The first kappa shape index (κ1) is 20.0. The van der Waals surface area contributed by atoms with Crippen LogP contribution in [-0.2, 0) is 28.7 Å². The van der Waals surface area contributed by atoms with Crippen LogP contribution in [0.1, 0.15) is 12.8 Å². The van der Waals surface area contributed by atoms with E-state index in [-0.39, 0.29) is 37.7 Å². The number of aliphatic hydroxyl groups is 2. The lowest BCUT2D eigenvalue weighted by molar-refractivity contribution is -0.161. The van der Waals surface area contributed by atoms with Crippen molar-refractivity contribution >= 4 is 23.7 Å². The van der Waals surface area contributed by atoms with Crippen molar-refractivity contribution in [2.24, 2.45) is 5.73 Å². The topological polar surface area (TPSA) is 192 Å². The fraction of sp³-hybridized carbons (Fsp3) is 0.750. The van der Waals surface area contributed by atoms with Crippen LogP contribution in [0.2, 0.25) is 0 Å². The third kappa shape index (κ3) is 3.34. The van der Waals surface area contributed by atoms with Gasteiger partial charge in [-0.2, -0.15) is 0 Å². The number of ether oxygens (including phenoxy) is 2. The summed E-state index contributed by atoms with van der Waals surface area (Å²) in [6.07, 6.45) is -5.58. The van der Waals surface area contributed by atoms with E-state index in [1.54, 1.807) is 0 Å². The van der Waals surface area contributed by atoms with Gasteiger partial charge in [-0.1, -0.05) is 0 Å². The smallest absolute Gasteiger partial charge is 0.329 e. The molecule has 4 aliphatic heterocycles. The summed E-state index contributed by atoms with van der Waals surface area (Å²) in [5.41, 5.74) is 5.76. The highest BCUT2D eigenvalue weighted by molar-refractivity contribution is 5.88. The number of aliphatic hydroxyl groups excluding tert-OH is 2. The third-order valence-corrected chi connectivity index (χ3v) is 5.79. The molecule has 0 radical (unpaired) electrons. The molecule has 4 fully saturated rings. The van der Waals surface area contributed by atoms with Crippen molar-refractivity contribution in [1.29, 1.82) is 0 Å². The third-order valence-electron chi connectivity index (χ3n) is 5.79. The molecule has 0 aromatic heterocycles. The Hall–Kier alpha value is -2.32.